The van der Waals surface area contributed by atoms with Crippen molar-refractivity contribution in [3.8, 4) is 0 Å². The van der Waals surface area contributed by atoms with Crippen molar-refractivity contribution >= 4 is 0 Å². The number of rotatable bonds is 9. The molecule has 0 N–H and O–H groups in total. The molecule has 2 unspecified atom stereocenters. The summed E-state index contributed by atoms with van der Waals surface area (Å²) in [5.41, 5.74) is 3.00. The zero-order valence-corrected chi connectivity index (χ0v) is 13.4. The van der Waals surface area contributed by atoms with Crippen LogP contribution in [0.3, 0.4) is 0 Å². The van der Waals surface area contributed by atoms with E-state index in [9.17, 15) is 0 Å². The zero-order chi connectivity index (χ0) is 14.1. The van der Waals surface area contributed by atoms with Crippen LogP contribution in [-0.4, -0.2) is 0 Å². The van der Waals surface area contributed by atoms with Gasteiger partial charge in [0.1, 0.15) is 0 Å². The van der Waals surface area contributed by atoms with Crippen LogP contribution in [0.15, 0.2) is 24.3 Å². The summed E-state index contributed by atoms with van der Waals surface area (Å²) in [7, 11) is 0. The van der Waals surface area contributed by atoms with Crippen molar-refractivity contribution in [2.45, 2.75) is 78.6 Å². The van der Waals surface area contributed by atoms with E-state index in [1.807, 2.05) is 0 Å². The molecule has 0 amide bonds. The molecule has 1 aromatic rings. The predicted octanol–water partition coefficient (Wildman–Crippen LogP) is 6.35. The van der Waals surface area contributed by atoms with Crippen LogP contribution in [-0.2, 0) is 6.42 Å². The van der Waals surface area contributed by atoms with Gasteiger partial charge in [0.15, 0.2) is 0 Å². The van der Waals surface area contributed by atoms with Gasteiger partial charge in [-0.05, 0) is 42.2 Å². The van der Waals surface area contributed by atoms with Gasteiger partial charge in [0.2, 0.25) is 0 Å². The molecule has 0 radical (unpaired) electrons. The van der Waals surface area contributed by atoms with Gasteiger partial charge in [-0.1, -0.05) is 77.6 Å². The topological polar surface area (TPSA) is 0 Å². The predicted molar refractivity (Wildman–Crippen MR) is 86.8 cm³/mol. The minimum atomic E-state index is 0.710. The fraction of sp³-hybridized carbons (Fsp3) is 0.684. The van der Waals surface area contributed by atoms with Gasteiger partial charge in [-0.25, -0.2) is 0 Å². The fourth-order valence-corrected chi connectivity index (χ4v) is 2.91. The smallest absolute Gasteiger partial charge is 0.0190 e. The molecule has 1 rings (SSSR count). The molecule has 0 heterocycles. The van der Waals surface area contributed by atoms with Crippen LogP contribution in [0.1, 0.15) is 83.3 Å². The monoisotopic (exact) mass is 260 g/mol. The Labute approximate surface area is 120 Å². The Morgan fingerprint density at radius 1 is 0.842 bits per heavy atom. The molecule has 0 aliphatic heterocycles. The van der Waals surface area contributed by atoms with E-state index in [0.717, 1.165) is 5.92 Å². The highest BCUT2D eigenvalue weighted by Gasteiger charge is 2.10. The minimum absolute atomic E-state index is 0.710. The Morgan fingerprint density at radius 2 is 1.53 bits per heavy atom. The Morgan fingerprint density at radius 3 is 2.05 bits per heavy atom. The van der Waals surface area contributed by atoms with Crippen LogP contribution in [0.5, 0.6) is 0 Å². The molecule has 2 atom stereocenters. The first-order valence-corrected chi connectivity index (χ1v) is 8.30. The summed E-state index contributed by atoms with van der Waals surface area (Å²) in [6, 6.07) is 9.32. The van der Waals surface area contributed by atoms with Crippen LogP contribution < -0.4 is 0 Å². The molecule has 1 aromatic carbocycles. The fourth-order valence-electron chi connectivity index (χ4n) is 2.91. The summed E-state index contributed by atoms with van der Waals surface area (Å²) in [6.45, 7) is 9.27. The molecule has 0 saturated carbocycles. The van der Waals surface area contributed by atoms with Gasteiger partial charge in [0.05, 0.1) is 0 Å². The van der Waals surface area contributed by atoms with E-state index in [1.165, 1.54) is 56.1 Å². The maximum absolute atomic E-state index is 2.38. The molecule has 0 spiro atoms. The van der Waals surface area contributed by atoms with Crippen LogP contribution >= 0.6 is 0 Å². The zero-order valence-electron chi connectivity index (χ0n) is 13.4. The lowest BCUT2D eigenvalue weighted by Crippen LogP contribution is -2.02. The van der Waals surface area contributed by atoms with Crippen LogP contribution in [0.2, 0.25) is 0 Å². The molecule has 19 heavy (non-hydrogen) atoms. The first-order chi connectivity index (χ1) is 9.21. The summed E-state index contributed by atoms with van der Waals surface area (Å²) < 4.78 is 0. The summed E-state index contributed by atoms with van der Waals surface area (Å²) in [5.74, 6) is 1.65. The van der Waals surface area contributed by atoms with E-state index >= 15 is 0 Å². The van der Waals surface area contributed by atoms with Crippen LogP contribution in [0.25, 0.3) is 0 Å². The molecule has 0 fully saturated rings. The van der Waals surface area contributed by atoms with Gasteiger partial charge in [0, 0.05) is 0 Å². The van der Waals surface area contributed by atoms with E-state index in [1.54, 1.807) is 0 Å². The van der Waals surface area contributed by atoms with Crippen molar-refractivity contribution in [1.29, 1.82) is 0 Å². The Bertz CT molecular complexity index is 322. The molecular formula is C19H32. The summed E-state index contributed by atoms with van der Waals surface area (Å²) in [5, 5.41) is 0. The lowest BCUT2D eigenvalue weighted by molar-refractivity contribution is 0.405. The maximum atomic E-state index is 2.38. The largest absolute Gasteiger partial charge is 0.0654 e. The van der Waals surface area contributed by atoms with Gasteiger partial charge in [-0.15, -0.1) is 0 Å². The van der Waals surface area contributed by atoms with Crippen molar-refractivity contribution in [3.05, 3.63) is 35.4 Å². The van der Waals surface area contributed by atoms with Gasteiger partial charge in [-0.3, -0.25) is 0 Å². The van der Waals surface area contributed by atoms with E-state index in [-0.39, 0.29) is 0 Å². The van der Waals surface area contributed by atoms with Gasteiger partial charge < -0.3 is 0 Å². The number of aryl methyl sites for hydroxylation is 1. The lowest BCUT2D eigenvalue weighted by atomic mass is 9.88. The summed E-state index contributed by atoms with van der Waals surface area (Å²) >= 11 is 0. The molecule has 0 aliphatic carbocycles. The first kappa shape index (κ1) is 16.3. The van der Waals surface area contributed by atoms with Gasteiger partial charge in [-0.2, -0.15) is 0 Å². The van der Waals surface area contributed by atoms with Crippen molar-refractivity contribution in [2.24, 2.45) is 5.92 Å². The molecule has 0 bridgehead atoms. The van der Waals surface area contributed by atoms with E-state index in [0.29, 0.717) is 5.92 Å². The second-order valence-electron chi connectivity index (χ2n) is 6.03. The molecule has 108 valence electrons. The SMILES string of the molecule is CCCc1ccc(C(C)CCC(CC)CCC)cc1. The normalized spacial score (nSPS) is 14.3. The third kappa shape index (κ3) is 5.80. The van der Waals surface area contributed by atoms with E-state index in [2.05, 4.69) is 52.0 Å². The van der Waals surface area contributed by atoms with Crippen molar-refractivity contribution < 1.29 is 0 Å². The molecule has 0 aliphatic rings. The average Bonchev–Trinajstić information content (AvgIpc) is 2.44. The Kier molecular flexibility index (Phi) is 7.86. The van der Waals surface area contributed by atoms with Gasteiger partial charge in [0.25, 0.3) is 0 Å². The standard InChI is InChI=1S/C19H32/c1-5-8-17(7-3)11-10-16(4)19-14-12-18(9-6-2)13-15-19/h12-17H,5-11H2,1-4H3. The second kappa shape index (κ2) is 9.18. The number of hydrogen-bond acceptors (Lipinski definition) is 0. The summed E-state index contributed by atoms with van der Waals surface area (Å²) in [6.07, 6.45) is 9.26. The molecule has 0 aromatic heterocycles. The number of hydrogen-bond donors (Lipinski definition) is 0. The molecule has 0 saturated heterocycles. The minimum Gasteiger partial charge on any atom is -0.0654 e. The molecule has 0 heteroatoms. The van der Waals surface area contributed by atoms with E-state index < -0.39 is 0 Å². The van der Waals surface area contributed by atoms with Crippen molar-refractivity contribution in [2.75, 3.05) is 0 Å². The highest BCUT2D eigenvalue weighted by atomic mass is 14.2. The van der Waals surface area contributed by atoms with Crippen molar-refractivity contribution in [1.82, 2.24) is 0 Å². The van der Waals surface area contributed by atoms with Gasteiger partial charge >= 0.3 is 0 Å². The Balaban J connectivity index is 2.45. The molecular weight excluding hydrogens is 228 g/mol. The summed E-state index contributed by atoms with van der Waals surface area (Å²) in [4.78, 5) is 0. The third-order valence-electron chi connectivity index (χ3n) is 4.37. The average molecular weight is 260 g/mol. The number of benzene rings is 1. The first-order valence-electron chi connectivity index (χ1n) is 8.30. The highest BCUT2D eigenvalue weighted by Crippen LogP contribution is 2.26. The quantitative estimate of drug-likeness (QED) is 0.485. The maximum Gasteiger partial charge on any atom is -0.0190 e. The third-order valence-corrected chi connectivity index (χ3v) is 4.37. The molecule has 0 nitrogen and oxygen atoms in total. The van der Waals surface area contributed by atoms with Crippen LogP contribution in [0, 0.1) is 5.92 Å². The highest BCUT2D eigenvalue weighted by molar-refractivity contribution is 5.25. The second-order valence-corrected chi connectivity index (χ2v) is 6.03. The van der Waals surface area contributed by atoms with Crippen LogP contribution in [0.4, 0.5) is 0 Å². The lowest BCUT2D eigenvalue weighted by Gasteiger charge is -2.18. The van der Waals surface area contributed by atoms with E-state index in [4.69, 9.17) is 0 Å². The van der Waals surface area contributed by atoms with Crippen molar-refractivity contribution in [3.63, 3.8) is 0 Å². The Hall–Kier alpha value is -0.780.